The molecule has 0 aromatic heterocycles. The van der Waals surface area contributed by atoms with Crippen LogP contribution in [0.1, 0.15) is 44.7 Å². The summed E-state index contributed by atoms with van der Waals surface area (Å²) >= 11 is 4.48. The number of nitrogens with one attached hydrogen (secondary N) is 1. The van der Waals surface area contributed by atoms with Gasteiger partial charge in [-0.2, -0.15) is 11.8 Å². The van der Waals surface area contributed by atoms with Gasteiger partial charge in [0.25, 0.3) is 0 Å². The summed E-state index contributed by atoms with van der Waals surface area (Å²) in [7, 11) is 0. The van der Waals surface area contributed by atoms with Crippen molar-refractivity contribution in [1.29, 1.82) is 0 Å². The molecule has 100 valence electrons. The van der Waals surface area contributed by atoms with Crippen molar-refractivity contribution < 1.29 is 0 Å². The second kappa shape index (κ2) is 7.15. The zero-order valence-electron chi connectivity index (χ0n) is 11.2. The molecule has 0 aliphatic heterocycles. The highest BCUT2D eigenvalue weighted by atomic mass is 127. The van der Waals surface area contributed by atoms with Gasteiger partial charge in [-0.15, -0.1) is 0 Å². The van der Waals surface area contributed by atoms with Gasteiger partial charge in [-0.05, 0) is 65.8 Å². The van der Waals surface area contributed by atoms with Crippen LogP contribution in [-0.4, -0.2) is 17.0 Å². The summed E-state index contributed by atoms with van der Waals surface area (Å²) in [4.78, 5) is 0. The van der Waals surface area contributed by atoms with Crippen LogP contribution in [-0.2, 0) is 0 Å². The molecular formula is C15H22INS. The molecule has 0 saturated heterocycles. The fraction of sp³-hybridized carbons (Fsp3) is 0.600. The van der Waals surface area contributed by atoms with Gasteiger partial charge in [0, 0.05) is 20.9 Å². The molecule has 1 saturated carbocycles. The number of halogens is 1. The Hall–Kier alpha value is 0.260. The van der Waals surface area contributed by atoms with Crippen molar-refractivity contribution >= 4 is 34.4 Å². The summed E-state index contributed by atoms with van der Waals surface area (Å²) in [5, 5.41) is 4.65. The zero-order valence-corrected chi connectivity index (χ0v) is 14.1. The Bertz CT molecular complexity index is 365. The Balaban J connectivity index is 1.94. The number of rotatable bonds is 5. The Morgan fingerprint density at radius 3 is 2.72 bits per heavy atom. The van der Waals surface area contributed by atoms with Crippen LogP contribution in [0.15, 0.2) is 24.3 Å². The van der Waals surface area contributed by atoms with Crippen molar-refractivity contribution in [3.63, 3.8) is 0 Å². The van der Waals surface area contributed by atoms with E-state index in [0.717, 1.165) is 5.25 Å². The molecule has 0 amide bonds. The highest BCUT2D eigenvalue weighted by molar-refractivity contribution is 14.1. The monoisotopic (exact) mass is 375 g/mol. The van der Waals surface area contributed by atoms with Crippen LogP contribution in [0, 0.1) is 3.57 Å². The van der Waals surface area contributed by atoms with Crippen LogP contribution in [0.2, 0.25) is 0 Å². The van der Waals surface area contributed by atoms with Crippen LogP contribution in [0.4, 0.5) is 0 Å². The third kappa shape index (κ3) is 3.87. The fourth-order valence-electron chi connectivity index (χ4n) is 2.70. The molecule has 1 N–H and O–H groups in total. The Morgan fingerprint density at radius 2 is 2.06 bits per heavy atom. The third-order valence-corrected chi connectivity index (χ3v) is 5.71. The first-order chi connectivity index (χ1) is 8.70. The van der Waals surface area contributed by atoms with E-state index in [1.54, 1.807) is 0 Å². The van der Waals surface area contributed by atoms with Crippen LogP contribution in [0.5, 0.6) is 0 Å². The largest absolute Gasteiger partial charge is 0.306 e. The van der Waals surface area contributed by atoms with Gasteiger partial charge >= 0.3 is 0 Å². The topological polar surface area (TPSA) is 12.0 Å². The molecule has 1 aliphatic carbocycles. The lowest BCUT2D eigenvalue weighted by molar-refractivity contribution is 0.467. The quantitative estimate of drug-likeness (QED) is 0.754. The molecule has 0 radical (unpaired) electrons. The lowest BCUT2D eigenvalue weighted by Crippen LogP contribution is -2.36. The molecule has 0 spiro atoms. The van der Waals surface area contributed by atoms with E-state index in [1.165, 1.54) is 34.1 Å². The summed E-state index contributed by atoms with van der Waals surface area (Å²) in [6.45, 7) is 4.55. The predicted molar refractivity (Wildman–Crippen MR) is 90.3 cm³/mol. The fourth-order valence-corrected chi connectivity index (χ4v) is 4.27. The van der Waals surface area contributed by atoms with Gasteiger partial charge in [-0.3, -0.25) is 0 Å². The molecule has 1 aliphatic rings. The molecule has 0 heterocycles. The maximum absolute atomic E-state index is 3.83. The molecule has 1 aromatic rings. The van der Waals surface area contributed by atoms with E-state index in [2.05, 4.69) is 77.8 Å². The number of hydrogen-bond donors (Lipinski definition) is 1. The molecule has 3 atom stereocenters. The molecule has 1 nitrogen and oxygen atoms in total. The van der Waals surface area contributed by atoms with Crippen LogP contribution in [0.3, 0.4) is 0 Å². The standard InChI is InChI=1S/C15H22INS/c1-3-18-15-6-4-5-14(15)17-11(2)12-7-9-13(16)10-8-12/h7-11,14-15,17H,3-6H2,1-2H3. The van der Waals surface area contributed by atoms with Crippen molar-refractivity contribution in [1.82, 2.24) is 5.32 Å². The first kappa shape index (κ1) is 14.7. The summed E-state index contributed by atoms with van der Waals surface area (Å²) in [6, 6.07) is 10.0. The highest BCUT2D eigenvalue weighted by Crippen LogP contribution is 2.31. The summed E-state index contributed by atoms with van der Waals surface area (Å²) in [5.41, 5.74) is 1.41. The van der Waals surface area contributed by atoms with Gasteiger partial charge < -0.3 is 5.32 Å². The SMILES string of the molecule is CCSC1CCCC1NC(C)c1ccc(I)cc1. The first-order valence-electron chi connectivity index (χ1n) is 6.84. The van der Waals surface area contributed by atoms with Crippen LogP contribution in [0.25, 0.3) is 0 Å². The van der Waals surface area contributed by atoms with Crippen molar-refractivity contribution in [3.8, 4) is 0 Å². The van der Waals surface area contributed by atoms with Gasteiger partial charge in [0.05, 0.1) is 0 Å². The molecule has 0 bridgehead atoms. The van der Waals surface area contributed by atoms with E-state index in [4.69, 9.17) is 0 Å². The maximum atomic E-state index is 3.83. The normalized spacial score (nSPS) is 25.3. The summed E-state index contributed by atoms with van der Waals surface area (Å²) < 4.78 is 1.31. The van der Waals surface area contributed by atoms with Gasteiger partial charge in [0.2, 0.25) is 0 Å². The van der Waals surface area contributed by atoms with Crippen molar-refractivity contribution in [3.05, 3.63) is 33.4 Å². The Morgan fingerprint density at radius 1 is 1.33 bits per heavy atom. The minimum Gasteiger partial charge on any atom is -0.306 e. The Kier molecular flexibility index (Phi) is 5.83. The number of benzene rings is 1. The molecule has 3 unspecified atom stereocenters. The van der Waals surface area contributed by atoms with Crippen molar-refractivity contribution in [2.24, 2.45) is 0 Å². The van der Waals surface area contributed by atoms with Gasteiger partial charge in [0.1, 0.15) is 0 Å². The molecule has 1 aromatic carbocycles. The third-order valence-electron chi connectivity index (χ3n) is 3.67. The van der Waals surface area contributed by atoms with E-state index >= 15 is 0 Å². The highest BCUT2D eigenvalue weighted by Gasteiger charge is 2.28. The lowest BCUT2D eigenvalue weighted by atomic mass is 10.1. The van der Waals surface area contributed by atoms with Gasteiger partial charge in [-0.25, -0.2) is 0 Å². The smallest absolute Gasteiger partial charge is 0.0294 e. The Labute approximate surface area is 129 Å². The van der Waals surface area contributed by atoms with E-state index in [9.17, 15) is 0 Å². The van der Waals surface area contributed by atoms with Gasteiger partial charge in [0.15, 0.2) is 0 Å². The number of hydrogen-bond acceptors (Lipinski definition) is 2. The van der Waals surface area contributed by atoms with Gasteiger partial charge in [-0.1, -0.05) is 25.5 Å². The summed E-state index contributed by atoms with van der Waals surface area (Å²) in [6.07, 6.45) is 4.11. The van der Waals surface area contributed by atoms with Crippen LogP contribution < -0.4 is 5.32 Å². The molecule has 18 heavy (non-hydrogen) atoms. The average Bonchev–Trinajstić information content (AvgIpc) is 2.78. The molecule has 1 fully saturated rings. The zero-order chi connectivity index (χ0) is 13.0. The molecule has 2 rings (SSSR count). The molecule has 3 heteroatoms. The minimum atomic E-state index is 0.463. The van der Waals surface area contributed by atoms with Crippen molar-refractivity contribution in [2.45, 2.75) is 50.4 Å². The maximum Gasteiger partial charge on any atom is 0.0294 e. The first-order valence-corrected chi connectivity index (χ1v) is 8.96. The lowest BCUT2D eigenvalue weighted by Gasteiger charge is -2.25. The van der Waals surface area contributed by atoms with E-state index in [-0.39, 0.29) is 0 Å². The predicted octanol–water partition coefficient (Wildman–Crippen LogP) is 4.62. The second-order valence-electron chi connectivity index (χ2n) is 4.97. The van der Waals surface area contributed by atoms with E-state index in [1.807, 2.05) is 0 Å². The van der Waals surface area contributed by atoms with E-state index in [0.29, 0.717) is 12.1 Å². The van der Waals surface area contributed by atoms with Crippen molar-refractivity contribution in [2.75, 3.05) is 5.75 Å². The average molecular weight is 375 g/mol. The molecular weight excluding hydrogens is 353 g/mol. The van der Waals surface area contributed by atoms with Crippen LogP contribution >= 0.6 is 34.4 Å². The second-order valence-corrected chi connectivity index (χ2v) is 7.73. The van der Waals surface area contributed by atoms with E-state index < -0.39 is 0 Å². The number of thioether (sulfide) groups is 1. The summed E-state index contributed by atoms with van der Waals surface area (Å²) in [5.74, 6) is 1.24. The minimum absolute atomic E-state index is 0.463.